The molecule has 0 unspecified atom stereocenters. The van der Waals surface area contributed by atoms with Crippen LogP contribution in [0.15, 0.2) is 16.6 Å². The van der Waals surface area contributed by atoms with Gasteiger partial charge < -0.3 is 10.4 Å². The van der Waals surface area contributed by atoms with Gasteiger partial charge in [-0.15, -0.1) is 0 Å². The minimum atomic E-state index is -0.522. The van der Waals surface area contributed by atoms with Gasteiger partial charge >= 0.3 is 0 Å². The predicted octanol–water partition coefficient (Wildman–Crippen LogP) is 4.56. The van der Waals surface area contributed by atoms with Crippen LogP contribution in [0.1, 0.15) is 49.7 Å². The smallest absolute Gasteiger partial charge is 0.0819 e. The Kier molecular flexibility index (Phi) is 4.91. The topological polar surface area (TPSA) is 32.3 Å². The second kappa shape index (κ2) is 6.27. The molecule has 2 N–H and O–H groups in total. The van der Waals surface area contributed by atoms with Gasteiger partial charge in [0.15, 0.2) is 0 Å². The van der Waals surface area contributed by atoms with E-state index in [9.17, 15) is 5.11 Å². The van der Waals surface area contributed by atoms with Crippen molar-refractivity contribution in [3.05, 3.63) is 27.7 Å². The molecular formula is C16H24BrNO. The first-order valence-corrected chi connectivity index (χ1v) is 8.02. The van der Waals surface area contributed by atoms with Gasteiger partial charge in [-0.05, 0) is 49.9 Å². The van der Waals surface area contributed by atoms with Crippen LogP contribution in [-0.2, 0) is 0 Å². The van der Waals surface area contributed by atoms with Crippen molar-refractivity contribution >= 4 is 21.6 Å². The van der Waals surface area contributed by atoms with Gasteiger partial charge in [-0.25, -0.2) is 0 Å². The van der Waals surface area contributed by atoms with Crippen LogP contribution in [0.4, 0.5) is 5.69 Å². The van der Waals surface area contributed by atoms with E-state index in [1.54, 1.807) is 0 Å². The minimum absolute atomic E-state index is 0.522. The van der Waals surface area contributed by atoms with Crippen molar-refractivity contribution in [2.24, 2.45) is 0 Å². The molecule has 1 saturated carbocycles. The molecule has 2 nitrogen and oxygen atoms in total. The van der Waals surface area contributed by atoms with Gasteiger partial charge in [0.05, 0.1) is 5.60 Å². The highest BCUT2D eigenvalue weighted by molar-refractivity contribution is 9.10. The first-order valence-electron chi connectivity index (χ1n) is 7.23. The third-order valence-electron chi connectivity index (χ3n) is 4.09. The summed E-state index contributed by atoms with van der Waals surface area (Å²) in [5.74, 6) is 0. The van der Waals surface area contributed by atoms with Crippen LogP contribution in [0.3, 0.4) is 0 Å². The fourth-order valence-electron chi connectivity index (χ4n) is 2.88. The van der Waals surface area contributed by atoms with E-state index < -0.39 is 5.60 Å². The number of benzene rings is 1. The van der Waals surface area contributed by atoms with Crippen molar-refractivity contribution in [1.29, 1.82) is 0 Å². The molecule has 19 heavy (non-hydrogen) atoms. The molecule has 0 atom stereocenters. The summed E-state index contributed by atoms with van der Waals surface area (Å²) >= 11 is 3.58. The molecule has 0 saturated heterocycles. The van der Waals surface area contributed by atoms with Crippen LogP contribution in [0, 0.1) is 13.8 Å². The van der Waals surface area contributed by atoms with E-state index in [0.717, 1.165) is 31.4 Å². The lowest BCUT2D eigenvalue weighted by atomic mass is 9.94. The Balaban J connectivity index is 2.01. The summed E-state index contributed by atoms with van der Waals surface area (Å²) in [6.45, 7) is 4.86. The van der Waals surface area contributed by atoms with Crippen molar-refractivity contribution in [2.45, 2.75) is 58.0 Å². The zero-order valence-corrected chi connectivity index (χ0v) is 13.5. The lowest BCUT2D eigenvalue weighted by Crippen LogP contribution is -2.36. The van der Waals surface area contributed by atoms with Crippen molar-refractivity contribution in [2.75, 3.05) is 11.9 Å². The van der Waals surface area contributed by atoms with Gasteiger partial charge in [0.2, 0.25) is 0 Å². The van der Waals surface area contributed by atoms with Crippen molar-refractivity contribution in [1.82, 2.24) is 0 Å². The van der Waals surface area contributed by atoms with E-state index in [-0.39, 0.29) is 0 Å². The van der Waals surface area contributed by atoms with Crippen molar-refractivity contribution in [3.8, 4) is 0 Å². The molecule has 3 heteroatoms. The zero-order chi connectivity index (χ0) is 13.9. The van der Waals surface area contributed by atoms with Crippen LogP contribution in [0.2, 0.25) is 0 Å². The predicted molar refractivity (Wildman–Crippen MR) is 84.8 cm³/mol. The molecular weight excluding hydrogens is 302 g/mol. The monoisotopic (exact) mass is 325 g/mol. The Bertz CT molecular complexity index is 413. The molecule has 1 aliphatic rings. The van der Waals surface area contributed by atoms with Crippen LogP contribution in [0.25, 0.3) is 0 Å². The number of hydrogen-bond donors (Lipinski definition) is 2. The summed E-state index contributed by atoms with van der Waals surface area (Å²) in [6.07, 6.45) is 6.67. The molecule has 1 aliphatic carbocycles. The number of aryl methyl sites for hydroxylation is 2. The quantitative estimate of drug-likeness (QED) is 0.798. The van der Waals surface area contributed by atoms with Gasteiger partial charge in [0.1, 0.15) is 0 Å². The number of rotatable bonds is 3. The van der Waals surface area contributed by atoms with Crippen LogP contribution in [-0.4, -0.2) is 17.3 Å². The summed E-state index contributed by atoms with van der Waals surface area (Å²) in [5, 5.41) is 14.1. The standard InChI is InChI=1S/C16H24BrNO/c1-12-9-14(10-13(2)15(12)17)18-11-16(19)7-5-3-4-6-8-16/h9-10,18-19H,3-8,11H2,1-2H3. The largest absolute Gasteiger partial charge is 0.388 e. The van der Waals surface area contributed by atoms with Gasteiger partial charge in [0, 0.05) is 16.7 Å². The first-order chi connectivity index (χ1) is 9.00. The van der Waals surface area contributed by atoms with E-state index in [0.29, 0.717) is 6.54 Å². The molecule has 0 spiro atoms. The number of halogens is 1. The van der Waals surface area contributed by atoms with Gasteiger partial charge in [-0.1, -0.05) is 41.6 Å². The SMILES string of the molecule is Cc1cc(NCC2(O)CCCCCC2)cc(C)c1Br. The molecule has 0 bridgehead atoms. The van der Waals surface area contributed by atoms with Crippen molar-refractivity contribution < 1.29 is 5.11 Å². The highest BCUT2D eigenvalue weighted by Crippen LogP contribution is 2.29. The maximum absolute atomic E-state index is 10.6. The average molecular weight is 326 g/mol. The Hall–Kier alpha value is -0.540. The lowest BCUT2D eigenvalue weighted by Gasteiger charge is -2.27. The van der Waals surface area contributed by atoms with E-state index in [1.165, 1.54) is 28.4 Å². The third-order valence-corrected chi connectivity index (χ3v) is 5.34. The number of anilines is 1. The summed E-state index contributed by atoms with van der Waals surface area (Å²) in [7, 11) is 0. The Morgan fingerprint density at radius 3 is 2.16 bits per heavy atom. The molecule has 0 amide bonds. The normalized spacial score (nSPS) is 18.9. The Labute approximate surface area is 124 Å². The summed E-state index contributed by atoms with van der Waals surface area (Å²) in [4.78, 5) is 0. The van der Waals surface area contributed by atoms with Gasteiger partial charge in [-0.2, -0.15) is 0 Å². The molecule has 0 aromatic heterocycles. The second-order valence-corrected chi connectivity index (χ2v) is 6.71. The Morgan fingerprint density at radius 2 is 1.63 bits per heavy atom. The third kappa shape index (κ3) is 3.96. The van der Waals surface area contributed by atoms with Crippen LogP contribution < -0.4 is 5.32 Å². The number of nitrogens with one attached hydrogen (secondary N) is 1. The van der Waals surface area contributed by atoms with E-state index in [1.807, 2.05) is 0 Å². The lowest BCUT2D eigenvalue weighted by molar-refractivity contribution is 0.0381. The molecule has 0 heterocycles. The number of aliphatic hydroxyl groups is 1. The Morgan fingerprint density at radius 1 is 1.11 bits per heavy atom. The summed E-state index contributed by atoms with van der Waals surface area (Å²) in [5.41, 5.74) is 3.05. The molecule has 1 fully saturated rings. The maximum atomic E-state index is 10.6. The molecule has 1 aromatic carbocycles. The minimum Gasteiger partial charge on any atom is -0.388 e. The summed E-state index contributed by atoms with van der Waals surface area (Å²) in [6, 6.07) is 4.27. The molecule has 2 rings (SSSR count). The fourth-order valence-corrected chi connectivity index (χ4v) is 3.11. The van der Waals surface area contributed by atoms with Crippen LogP contribution >= 0.6 is 15.9 Å². The molecule has 0 radical (unpaired) electrons. The fraction of sp³-hybridized carbons (Fsp3) is 0.625. The molecule has 0 aliphatic heterocycles. The highest BCUT2D eigenvalue weighted by Gasteiger charge is 2.27. The molecule has 106 valence electrons. The maximum Gasteiger partial charge on any atom is 0.0819 e. The number of hydrogen-bond acceptors (Lipinski definition) is 2. The van der Waals surface area contributed by atoms with E-state index in [2.05, 4.69) is 47.2 Å². The van der Waals surface area contributed by atoms with Crippen LogP contribution in [0.5, 0.6) is 0 Å². The zero-order valence-electron chi connectivity index (χ0n) is 11.9. The first kappa shape index (κ1) is 14.9. The van der Waals surface area contributed by atoms with Crippen molar-refractivity contribution in [3.63, 3.8) is 0 Å². The van der Waals surface area contributed by atoms with Gasteiger partial charge in [-0.3, -0.25) is 0 Å². The second-order valence-electron chi connectivity index (χ2n) is 5.92. The van der Waals surface area contributed by atoms with E-state index in [4.69, 9.17) is 0 Å². The average Bonchev–Trinajstić information content (AvgIpc) is 2.59. The highest BCUT2D eigenvalue weighted by atomic mass is 79.9. The van der Waals surface area contributed by atoms with Gasteiger partial charge in [0.25, 0.3) is 0 Å². The van der Waals surface area contributed by atoms with E-state index >= 15 is 0 Å². The molecule has 1 aromatic rings. The summed E-state index contributed by atoms with van der Waals surface area (Å²) < 4.78 is 1.17.